The van der Waals surface area contributed by atoms with E-state index < -0.39 is 0 Å². The van der Waals surface area contributed by atoms with Crippen molar-refractivity contribution in [1.29, 1.82) is 0 Å². The molecule has 0 amide bonds. The van der Waals surface area contributed by atoms with Crippen molar-refractivity contribution in [3.8, 4) is 0 Å². The lowest BCUT2D eigenvalue weighted by molar-refractivity contribution is 0.788. The monoisotopic (exact) mass is 229 g/mol. The van der Waals surface area contributed by atoms with E-state index in [4.69, 9.17) is 4.98 Å². The van der Waals surface area contributed by atoms with Crippen molar-refractivity contribution in [2.75, 3.05) is 25.5 Å². The highest BCUT2D eigenvalue weighted by atomic mass is 15.2. The Kier molecular flexibility index (Phi) is 3.59. The predicted molar refractivity (Wildman–Crippen MR) is 73.5 cm³/mol. The Hall–Kier alpha value is -1.61. The summed E-state index contributed by atoms with van der Waals surface area (Å²) < 4.78 is 0. The van der Waals surface area contributed by atoms with Gasteiger partial charge in [0.15, 0.2) is 0 Å². The van der Waals surface area contributed by atoms with Gasteiger partial charge in [-0.3, -0.25) is 0 Å². The Morgan fingerprint density at radius 3 is 2.76 bits per heavy atom. The van der Waals surface area contributed by atoms with Crippen LogP contribution in [0.25, 0.3) is 10.8 Å². The molecule has 17 heavy (non-hydrogen) atoms. The van der Waals surface area contributed by atoms with Crippen molar-refractivity contribution < 1.29 is 0 Å². The molecule has 0 spiro atoms. The second-order valence-electron chi connectivity index (χ2n) is 4.20. The third kappa shape index (κ3) is 2.39. The Balaban J connectivity index is 2.60. The summed E-state index contributed by atoms with van der Waals surface area (Å²) in [4.78, 5) is 6.91. The number of fused-ring (bicyclic) bond motifs is 1. The van der Waals surface area contributed by atoms with Crippen molar-refractivity contribution in [3.63, 3.8) is 0 Å². The maximum Gasteiger partial charge on any atom is 0.136 e. The van der Waals surface area contributed by atoms with E-state index in [0.29, 0.717) is 0 Å². The maximum absolute atomic E-state index is 4.72. The molecule has 3 nitrogen and oxygen atoms in total. The van der Waals surface area contributed by atoms with Gasteiger partial charge < -0.3 is 10.2 Å². The SMILES string of the molecule is CCN(C)c1nc(CNC)cc2ccccc12. The first kappa shape index (κ1) is 11.9. The fraction of sp³-hybridized carbons (Fsp3) is 0.357. The zero-order chi connectivity index (χ0) is 12.3. The number of nitrogens with zero attached hydrogens (tertiary/aromatic N) is 2. The van der Waals surface area contributed by atoms with Gasteiger partial charge in [-0.25, -0.2) is 4.98 Å². The summed E-state index contributed by atoms with van der Waals surface area (Å²) in [6.07, 6.45) is 0. The zero-order valence-electron chi connectivity index (χ0n) is 10.7. The van der Waals surface area contributed by atoms with E-state index in [1.807, 2.05) is 7.05 Å². The van der Waals surface area contributed by atoms with Gasteiger partial charge in [0.25, 0.3) is 0 Å². The van der Waals surface area contributed by atoms with E-state index in [1.54, 1.807) is 0 Å². The fourth-order valence-corrected chi connectivity index (χ4v) is 1.95. The Morgan fingerprint density at radius 1 is 1.29 bits per heavy atom. The molecule has 2 aromatic rings. The van der Waals surface area contributed by atoms with Crippen LogP contribution >= 0.6 is 0 Å². The fourth-order valence-electron chi connectivity index (χ4n) is 1.95. The second-order valence-corrected chi connectivity index (χ2v) is 4.20. The molecule has 0 saturated heterocycles. The highest BCUT2D eigenvalue weighted by molar-refractivity contribution is 5.92. The van der Waals surface area contributed by atoms with Gasteiger partial charge >= 0.3 is 0 Å². The van der Waals surface area contributed by atoms with Crippen LogP contribution in [0.15, 0.2) is 30.3 Å². The third-order valence-electron chi connectivity index (χ3n) is 2.97. The minimum Gasteiger partial charge on any atom is -0.359 e. The molecule has 3 heteroatoms. The highest BCUT2D eigenvalue weighted by Crippen LogP contribution is 2.24. The summed E-state index contributed by atoms with van der Waals surface area (Å²) in [7, 11) is 4.03. The lowest BCUT2D eigenvalue weighted by atomic mass is 10.1. The van der Waals surface area contributed by atoms with Crippen molar-refractivity contribution in [2.24, 2.45) is 0 Å². The van der Waals surface area contributed by atoms with Crippen molar-refractivity contribution in [1.82, 2.24) is 10.3 Å². The molecule has 2 rings (SSSR count). The third-order valence-corrected chi connectivity index (χ3v) is 2.97. The summed E-state index contributed by atoms with van der Waals surface area (Å²) >= 11 is 0. The highest BCUT2D eigenvalue weighted by Gasteiger charge is 2.08. The maximum atomic E-state index is 4.72. The molecule has 1 N–H and O–H groups in total. The number of pyridine rings is 1. The van der Waals surface area contributed by atoms with E-state index in [1.165, 1.54) is 10.8 Å². The first-order chi connectivity index (χ1) is 8.26. The molecule has 0 unspecified atom stereocenters. The second kappa shape index (κ2) is 5.15. The van der Waals surface area contributed by atoms with Gasteiger partial charge in [-0.2, -0.15) is 0 Å². The molecule has 0 fully saturated rings. The predicted octanol–water partition coefficient (Wildman–Crippen LogP) is 2.41. The van der Waals surface area contributed by atoms with Crippen LogP contribution in [0.3, 0.4) is 0 Å². The number of aromatic nitrogens is 1. The van der Waals surface area contributed by atoms with Crippen LogP contribution in [0, 0.1) is 0 Å². The van der Waals surface area contributed by atoms with E-state index in [0.717, 1.165) is 24.6 Å². The van der Waals surface area contributed by atoms with Crippen LogP contribution in [-0.2, 0) is 6.54 Å². The number of benzene rings is 1. The standard InChI is InChI=1S/C14H19N3/c1-4-17(3)14-13-8-6-5-7-11(13)9-12(16-14)10-15-2/h5-9,15H,4,10H2,1-3H3. The van der Waals surface area contributed by atoms with Gasteiger partial charge in [0, 0.05) is 25.5 Å². The van der Waals surface area contributed by atoms with Crippen LogP contribution in [0.5, 0.6) is 0 Å². The van der Waals surface area contributed by atoms with Gasteiger partial charge in [0.05, 0.1) is 5.69 Å². The van der Waals surface area contributed by atoms with Crippen LogP contribution in [-0.4, -0.2) is 25.6 Å². The molecule has 1 aromatic heterocycles. The molecule has 0 aliphatic heterocycles. The van der Waals surface area contributed by atoms with E-state index in [-0.39, 0.29) is 0 Å². The van der Waals surface area contributed by atoms with E-state index >= 15 is 0 Å². The molecule has 0 bridgehead atoms. The molecule has 1 heterocycles. The van der Waals surface area contributed by atoms with Crippen LogP contribution in [0.2, 0.25) is 0 Å². The van der Waals surface area contributed by atoms with Crippen molar-refractivity contribution in [3.05, 3.63) is 36.0 Å². The normalized spacial score (nSPS) is 10.8. The summed E-state index contributed by atoms with van der Waals surface area (Å²) in [5.41, 5.74) is 1.08. The van der Waals surface area contributed by atoms with Gasteiger partial charge in [-0.1, -0.05) is 24.3 Å². The minimum atomic E-state index is 0.801. The average Bonchev–Trinajstić information content (AvgIpc) is 2.37. The molecular formula is C14H19N3. The quantitative estimate of drug-likeness (QED) is 0.872. The molecule has 0 aliphatic rings. The smallest absolute Gasteiger partial charge is 0.136 e. The molecule has 1 aromatic carbocycles. The summed E-state index contributed by atoms with van der Waals surface area (Å²) in [6.45, 7) is 3.90. The van der Waals surface area contributed by atoms with Gasteiger partial charge in [-0.15, -0.1) is 0 Å². The first-order valence-corrected chi connectivity index (χ1v) is 6.00. The Labute approximate surface area is 102 Å². The largest absolute Gasteiger partial charge is 0.359 e. The van der Waals surface area contributed by atoms with Gasteiger partial charge in [-0.05, 0) is 25.4 Å². The lowest BCUT2D eigenvalue weighted by Crippen LogP contribution is -2.19. The van der Waals surface area contributed by atoms with Crippen molar-refractivity contribution >= 4 is 16.6 Å². The number of hydrogen-bond donors (Lipinski definition) is 1. The van der Waals surface area contributed by atoms with E-state index in [9.17, 15) is 0 Å². The summed E-state index contributed by atoms with van der Waals surface area (Å²) in [6, 6.07) is 10.6. The first-order valence-electron chi connectivity index (χ1n) is 6.00. The van der Waals surface area contributed by atoms with Gasteiger partial charge in [0.2, 0.25) is 0 Å². The van der Waals surface area contributed by atoms with Crippen molar-refractivity contribution in [2.45, 2.75) is 13.5 Å². The summed E-state index contributed by atoms with van der Waals surface area (Å²) in [5.74, 6) is 1.07. The summed E-state index contributed by atoms with van der Waals surface area (Å²) in [5, 5.41) is 5.62. The zero-order valence-corrected chi connectivity index (χ0v) is 10.7. The topological polar surface area (TPSA) is 28.2 Å². The molecule has 0 radical (unpaired) electrons. The molecule has 0 saturated carbocycles. The Morgan fingerprint density at radius 2 is 2.06 bits per heavy atom. The number of rotatable bonds is 4. The lowest BCUT2D eigenvalue weighted by Gasteiger charge is -2.19. The van der Waals surface area contributed by atoms with Gasteiger partial charge in [0.1, 0.15) is 5.82 Å². The van der Waals surface area contributed by atoms with E-state index in [2.05, 4.69) is 54.5 Å². The Bertz CT molecular complexity index is 508. The number of nitrogens with one attached hydrogen (secondary N) is 1. The van der Waals surface area contributed by atoms with Crippen LogP contribution in [0.1, 0.15) is 12.6 Å². The average molecular weight is 229 g/mol. The molecular weight excluding hydrogens is 210 g/mol. The number of anilines is 1. The van der Waals surface area contributed by atoms with Crippen LogP contribution < -0.4 is 10.2 Å². The molecule has 90 valence electrons. The molecule has 0 atom stereocenters. The minimum absolute atomic E-state index is 0.801. The number of hydrogen-bond acceptors (Lipinski definition) is 3. The van der Waals surface area contributed by atoms with Crippen LogP contribution in [0.4, 0.5) is 5.82 Å². The molecule has 0 aliphatic carbocycles.